The van der Waals surface area contributed by atoms with Crippen molar-refractivity contribution in [2.45, 2.75) is 0 Å². The minimum absolute atomic E-state index is 0. The maximum atomic E-state index is 10.3. The van der Waals surface area contributed by atoms with Crippen LogP contribution in [0.2, 0.25) is 0 Å². The quantitative estimate of drug-likeness (QED) is 0.812. The Morgan fingerprint density at radius 3 is 2.50 bits per heavy atom. The average Bonchev–Trinajstić information content (AvgIpc) is 2.26. The molecule has 2 rings (SSSR count). The molecule has 0 aromatic heterocycles. The summed E-state index contributed by atoms with van der Waals surface area (Å²) in [5.74, 6) is -0.390. The molecule has 16 heavy (non-hydrogen) atoms. The summed E-state index contributed by atoms with van der Waals surface area (Å²) in [7, 11) is 0. The van der Waals surface area contributed by atoms with Gasteiger partial charge < -0.3 is 9.84 Å². The Bertz CT molecular complexity index is 496. The summed E-state index contributed by atoms with van der Waals surface area (Å²) in [4.78, 5) is 10.3. The molecule has 0 aliphatic carbocycles. The number of aliphatic carboxylic acids is 1. The number of benzene rings is 2. The number of fused-ring (bicyclic) bond motifs is 1. The van der Waals surface area contributed by atoms with E-state index in [2.05, 4.69) is 0 Å². The maximum absolute atomic E-state index is 10.3. The van der Waals surface area contributed by atoms with Crippen molar-refractivity contribution in [2.75, 3.05) is 6.61 Å². The van der Waals surface area contributed by atoms with Gasteiger partial charge in [0.1, 0.15) is 5.75 Å². The van der Waals surface area contributed by atoms with Crippen LogP contribution in [0.3, 0.4) is 0 Å². The van der Waals surface area contributed by atoms with Gasteiger partial charge in [0.25, 0.3) is 0 Å². The van der Waals surface area contributed by atoms with Crippen LogP contribution in [0.25, 0.3) is 10.8 Å². The van der Waals surface area contributed by atoms with E-state index in [-0.39, 0.29) is 36.2 Å². The molecule has 3 nitrogen and oxygen atoms in total. The van der Waals surface area contributed by atoms with E-state index in [9.17, 15) is 4.79 Å². The molecule has 1 radical (unpaired) electrons. The summed E-state index contributed by atoms with van der Waals surface area (Å²) in [6.45, 7) is -0.307. The van der Waals surface area contributed by atoms with Crippen LogP contribution in [0.1, 0.15) is 0 Å². The van der Waals surface area contributed by atoms with Crippen molar-refractivity contribution in [2.24, 2.45) is 0 Å². The second kappa shape index (κ2) is 5.89. The van der Waals surface area contributed by atoms with Crippen LogP contribution in [0.5, 0.6) is 5.75 Å². The molecule has 0 bridgehead atoms. The van der Waals surface area contributed by atoms with Crippen molar-refractivity contribution >= 4 is 46.3 Å². The third-order valence-corrected chi connectivity index (χ3v) is 2.08. The molecule has 0 aliphatic rings. The van der Waals surface area contributed by atoms with Crippen LogP contribution in [-0.4, -0.2) is 47.2 Å². The summed E-state index contributed by atoms with van der Waals surface area (Å²) in [5.41, 5.74) is 0. The minimum Gasteiger partial charge on any atom is -0.482 e. The Morgan fingerprint density at radius 2 is 1.81 bits per heavy atom. The van der Waals surface area contributed by atoms with Gasteiger partial charge in [0, 0.05) is 29.6 Å². The molecule has 0 saturated carbocycles. The van der Waals surface area contributed by atoms with E-state index in [4.69, 9.17) is 9.84 Å². The van der Waals surface area contributed by atoms with Crippen molar-refractivity contribution in [3.63, 3.8) is 0 Å². The van der Waals surface area contributed by atoms with E-state index in [1.54, 1.807) is 6.07 Å². The first-order chi connectivity index (χ1) is 7.25. The normalized spacial score (nSPS) is 9.50. The van der Waals surface area contributed by atoms with Gasteiger partial charge in [-0.05, 0) is 22.9 Å². The molecule has 0 atom stereocenters. The third kappa shape index (κ3) is 3.23. The molecule has 0 aliphatic heterocycles. The molecule has 0 amide bonds. The molecular formula is C12H10NaO3. The monoisotopic (exact) mass is 225 g/mol. The fraction of sp³-hybridized carbons (Fsp3) is 0.0833. The number of carbonyl (C=O) groups is 1. The standard InChI is InChI=1S/C12H10O3.Na/c13-12(14)8-15-11-6-5-9-3-1-2-4-10(9)7-11;/h1-7H,8H2,(H,13,14);. The van der Waals surface area contributed by atoms with Crippen LogP contribution >= 0.6 is 0 Å². The Kier molecular flexibility index (Phi) is 4.80. The number of rotatable bonds is 3. The van der Waals surface area contributed by atoms with E-state index in [1.165, 1.54) is 0 Å². The zero-order chi connectivity index (χ0) is 10.7. The second-order valence-electron chi connectivity index (χ2n) is 3.19. The van der Waals surface area contributed by atoms with Gasteiger partial charge in [-0.25, -0.2) is 4.79 Å². The summed E-state index contributed by atoms with van der Waals surface area (Å²) in [6.07, 6.45) is 0. The summed E-state index contributed by atoms with van der Waals surface area (Å²) in [6, 6.07) is 13.4. The van der Waals surface area contributed by atoms with E-state index >= 15 is 0 Å². The average molecular weight is 225 g/mol. The zero-order valence-electron chi connectivity index (χ0n) is 9.01. The van der Waals surface area contributed by atoms with E-state index in [1.807, 2.05) is 36.4 Å². The Morgan fingerprint density at radius 1 is 1.12 bits per heavy atom. The number of carboxylic acids is 1. The van der Waals surface area contributed by atoms with Crippen molar-refractivity contribution in [3.05, 3.63) is 42.5 Å². The van der Waals surface area contributed by atoms with Crippen LogP contribution in [0.4, 0.5) is 0 Å². The maximum Gasteiger partial charge on any atom is 0.341 e. The fourth-order valence-corrected chi connectivity index (χ4v) is 1.40. The van der Waals surface area contributed by atoms with Crippen LogP contribution < -0.4 is 4.74 Å². The van der Waals surface area contributed by atoms with Crippen molar-refractivity contribution in [3.8, 4) is 5.75 Å². The second-order valence-corrected chi connectivity index (χ2v) is 3.19. The predicted molar refractivity (Wildman–Crippen MR) is 62.8 cm³/mol. The molecule has 0 heterocycles. The molecule has 77 valence electrons. The van der Waals surface area contributed by atoms with Gasteiger partial charge in [-0.15, -0.1) is 0 Å². The SMILES string of the molecule is O=C(O)COc1ccc2ccccc2c1.[Na]. The Labute approximate surface area is 115 Å². The molecule has 0 fully saturated rings. The first-order valence-corrected chi connectivity index (χ1v) is 4.59. The van der Waals surface area contributed by atoms with Gasteiger partial charge >= 0.3 is 5.97 Å². The molecule has 0 saturated heterocycles. The van der Waals surface area contributed by atoms with E-state index in [0.29, 0.717) is 5.75 Å². The minimum atomic E-state index is -0.969. The van der Waals surface area contributed by atoms with Crippen LogP contribution in [-0.2, 0) is 4.79 Å². The van der Waals surface area contributed by atoms with Crippen LogP contribution in [0, 0.1) is 0 Å². The molecule has 2 aromatic rings. The first-order valence-electron chi connectivity index (χ1n) is 4.59. The topological polar surface area (TPSA) is 46.5 Å². The largest absolute Gasteiger partial charge is 0.482 e. The van der Waals surface area contributed by atoms with Gasteiger partial charge in [0.15, 0.2) is 6.61 Å². The fourth-order valence-electron chi connectivity index (χ4n) is 1.40. The van der Waals surface area contributed by atoms with Crippen LogP contribution in [0.15, 0.2) is 42.5 Å². The molecular weight excluding hydrogens is 215 g/mol. The summed E-state index contributed by atoms with van der Waals surface area (Å²) >= 11 is 0. The van der Waals surface area contributed by atoms with Crippen molar-refractivity contribution in [1.29, 1.82) is 0 Å². The van der Waals surface area contributed by atoms with Gasteiger partial charge in [0.05, 0.1) is 0 Å². The van der Waals surface area contributed by atoms with Gasteiger partial charge in [-0.3, -0.25) is 0 Å². The van der Waals surface area contributed by atoms with Crippen molar-refractivity contribution < 1.29 is 14.6 Å². The van der Waals surface area contributed by atoms with E-state index < -0.39 is 5.97 Å². The predicted octanol–water partition coefficient (Wildman–Crippen LogP) is 1.92. The zero-order valence-corrected chi connectivity index (χ0v) is 11.0. The number of carboxylic acid groups (broad SMARTS) is 1. The molecule has 2 aromatic carbocycles. The Balaban J connectivity index is 0.00000128. The Hall–Kier alpha value is -1.03. The summed E-state index contributed by atoms with van der Waals surface area (Å²) < 4.78 is 5.08. The van der Waals surface area contributed by atoms with Crippen molar-refractivity contribution in [1.82, 2.24) is 0 Å². The number of hydrogen-bond acceptors (Lipinski definition) is 2. The van der Waals surface area contributed by atoms with Gasteiger partial charge in [0.2, 0.25) is 0 Å². The molecule has 1 N–H and O–H groups in total. The summed E-state index contributed by atoms with van der Waals surface area (Å²) in [5, 5.41) is 10.6. The third-order valence-electron chi connectivity index (χ3n) is 2.08. The number of ether oxygens (including phenoxy) is 1. The molecule has 0 unspecified atom stereocenters. The molecule has 4 heteroatoms. The van der Waals surface area contributed by atoms with Gasteiger partial charge in [-0.2, -0.15) is 0 Å². The smallest absolute Gasteiger partial charge is 0.341 e. The van der Waals surface area contributed by atoms with Gasteiger partial charge in [-0.1, -0.05) is 30.3 Å². The first kappa shape index (κ1) is 13.0. The van der Waals surface area contributed by atoms with E-state index in [0.717, 1.165) is 10.8 Å². The molecule has 0 spiro atoms. The number of hydrogen-bond donors (Lipinski definition) is 1.